The molecule has 0 saturated carbocycles. The lowest BCUT2D eigenvalue weighted by Gasteiger charge is -2.32. The van der Waals surface area contributed by atoms with E-state index in [1.54, 1.807) is 24.2 Å². The first-order valence-electron chi connectivity index (χ1n) is 9.32. The van der Waals surface area contributed by atoms with Crippen molar-refractivity contribution < 1.29 is 4.79 Å². The summed E-state index contributed by atoms with van der Waals surface area (Å²) in [6, 6.07) is 3.74. The van der Waals surface area contributed by atoms with Crippen LogP contribution in [0.3, 0.4) is 0 Å². The van der Waals surface area contributed by atoms with Crippen LogP contribution in [0.1, 0.15) is 56.6 Å². The third-order valence-corrected chi connectivity index (χ3v) is 6.32. The van der Waals surface area contributed by atoms with E-state index in [0.29, 0.717) is 33.8 Å². The number of carbonyl (C=O) groups is 1. The van der Waals surface area contributed by atoms with Crippen LogP contribution in [0.15, 0.2) is 45.7 Å². The third-order valence-electron chi connectivity index (χ3n) is 5.16. The largest absolute Gasteiger partial charge is 0.343 e. The van der Waals surface area contributed by atoms with Gasteiger partial charge in [-0.25, -0.2) is 4.98 Å². The molecule has 6 nitrogen and oxygen atoms in total. The van der Waals surface area contributed by atoms with Crippen LogP contribution < -0.4 is 10.9 Å². The molecule has 4 rings (SSSR count). The molecule has 0 radical (unpaired) electrons. The average molecular weight is 382 g/mol. The molecular formula is C20H22N4O2S. The summed E-state index contributed by atoms with van der Waals surface area (Å²) in [7, 11) is 0. The first-order valence-corrected chi connectivity index (χ1v) is 10.2. The van der Waals surface area contributed by atoms with E-state index in [1.165, 1.54) is 0 Å². The number of allylic oxidation sites excluding steroid dienone is 2. The fourth-order valence-corrected chi connectivity index (χ4v) is 4.50. The number of Topliss-reactive ketones (excluding diaryl/α,β-unsaturated/α-hetero) is 1. The Kier molecular flexibility index (Phi) is 4.86. The van der Waals surface area contributed by atoms with E-state index in [4.69, 9.17) is 0 Å². The number of aromatic nitrogens is 3. The van der Waals surface area contributed by atoms with Gasteiger partial charge in [-0.3, -0.25) is 14.6 Å². The van der Waals surface area contributed by atoms with Crippen LogP contribution in [-0.2, 0) is 4.79 Å². The topological polar surface area (TPSA) is 87.7 Å². The van der Waals surface area contributed by atoms with Crippen molar-refractivity contribution in [2.45, 2.75) is 55.9 Å². The Bertz CT molecular complexity index is 968. The smallest absolute Gasteiger partial charge is 0.257 e. The Balaban J connectivity index is 1.88. The number of anilines is 1. The van der Waals surface area contributed by atoms with Gasteiger partial charge in [-0.2, -0.15) is 0 Å². The van der Waals surface area contributed by atoms with E-state index in [-0.39, 0.29) is 11.3 Å². The molecule has 2 aliphatic rings. The zero-order valence-electron chi connectivity index (χ0n) is 15.4. The molecule has 1 aliphatic carbocycles. The SMILES string of the molecule is CC[C@H](C)Sc1nc2c(c(=O)[nH]1)[C@@H](c1ccncc1)C1=C(CCCC1=O)N2. The maximum atomic E-state index is 13.0. The van der Waals surface area contributed by atoms with Gasteiger partial charge in [0.1, 0.15) is 5.82 Å². The molecule has 0 unspecified atom stereocenters. The normalized spacial score (nSPS) is 19.9. The minimum Gasteiger partial charge on any atom is -0.343 e. The van der Waals surface area contributed by atoms with Gasteiger partial charge >= 0.3 is 0 Å². The second kappa shape index (κ2) is 7.31. The highest BCUT2D eigenvalue weighted by Gasteiger charge is 2.37. The summed E-state index contributed by atoms with van der Waals surface area (Å²) >= 11 is 1.56. The maximum absolute atomic E-state index is 13.0. The van der Waals surface area contributed by atoms with Crippen molar-refractivity contribution in [2.24, 2.45) is 0 Å². The Morgan fingerprint density at radius 1 is 1.26 bits per heavy atom. The molecule has 140 valence electrons. The zero-order chi connectivity index (χ0) is 19.0. The van der Waals surface area contributed by atoms with Gasteiger partial charge < -0.3 is 10.3 Å². The number of hydrogen-bond acceptors (Lipinski definition) is 6. The predicted octanol–water partition coefficient (Wildman–Crippen LogP) is 3.62. The maximum Gasteiger partial charge on any atom is 0.257 e. The van der Waals surface area contributed by atoms with Gasteiger partial charge in [0, 0.05) is 41.3 Å². The summed E-state index contributed by atoms with van der Waals surface area (Å²) < 4.78 is 0. The summed E-state index contributed by atoms with van der Waals surface area (Å²) in [6.45, 7) is 4.22. The molecular weight excluding hydrogens is 360 g/mol. The molecule has 0 bridgehead atoms. The second-order valence-corrected chi connectivity index (χ2v) is 8.40. The third kappa shape index (κ3) is 3.32. The summed E-state index contributed by atoms with van der Waals surface area (Å²) in [6.07, 6.45) is 6.51. The summed E-state index contributed by atoms with van der Waals surface area (Å²) in [5.41, 5.74) is 2.83. The summed E-state index contributed by atoms with van der Waals surface area (Å²) in [5.74, 6) is 0.277. The van der Waals surface area contributed by atoms with Crippen LogP contribution in [0.5, 0.6) is 0 Å². The molecule has 27 heavy (non-hydrogen) atoms. The molecule has 7 heteroatoms. The van der Waals surface area contributed by atoms with Gasteiger partial charge in [-0.1, -0.05) is 25.6 Å². The van der Waals surface area contributed by atoms with Crippen LogP contribution in [0, 0.1) is 0 Å². The van der Waals surface area contributed by atoms with Crippen LogP contribution in [-0.4, -0.2) is 26.0 Å². The zero-order valence-corrected chi connectivity index (χ0v) is 16.2. The van der Waals surface area contributed by atoms with Gasteiger partial charge in [0.2, 0.25) is 0 Å². The van der Waals surface area contributed by atoms with Crippen molar-refractivity contribution in [2.75, 3.05) is 5.32 Å². The number of H-pyrrole nitrogens is 1. The quantitative estimate of drug-likeness (QED) is 0.620. The number of pyridine rings is 1. The molecule has 2 aromatic heterocycles. The van der Waals surface area contributed by atoms with Crippen molar-refractivity contribution in [3.8, 4) is 0 Å². The van der Waals surface area contributed by atoms with Gasteiger partial charge in [0.25, 0.3) is 5.56 Å². The number of nitrogens with one attached hydrogen (secondary N) is 2. The fourth-order valence-electron chi connectivity index (χ4n) is 3.66. The van der Waals surface area contributed by atoms with Crippen molar-refractivity contribution >= 4 is 23.4 Å². The van der Waals surface area contributed by atoms with Crippen LogP contribution in [0.25, 0.3) is 0 Å². The van der Waals surface area contributed by atoms with Crippen molar-refractivity contribution in [3.63, 3.8) is 0 Å². The lowest BCUT2D eigenvalue weighted by atomic mass is 9.77. The Labute approximate surface area is 161 Å². The monoisotopic (exact) mass is 382 g/mol. The number of ketones is 1. The number of thioether (sulfide) groups is 1. The summed E-state index contributed by atoms with van der Waals surface area (Å²) in [4.78, 5) is 37.4. The molecule has 0 amide bonds. The van der Waals surface area contributed by atoms with Crippen LogP contribution in [0.2, 0.25) is 0 Å². The van der Waals surface area contributed by atoms with Gasteiger partial charge in [-0.05, 0) is 37.0 Å². The number of carbonyl (C=O) groups excluding carboxylic acids is 1. The molecule has 0 spiro atoms. The van der Waals surface area contributed by atoms with E-state index in [0.717, 1.165) is 30.5 Å². The molecule has 0 saturated heterocycles. The van der Waals surface area contributed by atoms with E-state index in [2.05, 4.69) is 34.1 Å². The second-order valence-electron chi connectivity index (χ2n) is 6.98. The van der Waals surface area contributed by atoms with Crippen molar-refractivity contribution in [3.05, 3.63) is 57.3 Å². The number of nitrogens with zero attached hydrogens (tertiary/aromatic N) is 2. The van der Waals surface area contributed by atoms with E-state index in [1.807, 2.05) is 12.1 Å². The molecule has 0 fully saturated rings. The fraction of sp³-hybridized carbons (Fsp3) is 0.400. The highest BCUT2D eigenvalue weighted by atomic mass is 32.2. The Hall–Kier alpha value is -2.41. The number of aromatic amines is 1. The highest BCUT2D eigenvalue weighted by Crippen LogP contribution is 2.43. The molecule has 0 aromatic carbocycles. The first-order chi connectivity index (χ1) is 13.1. The number of rotatable bonds is 4. The van der Waals surface area contributed by atoms with E-state index >= 15 is 0 Å². The van der Waals surface area contributed by atoms with Crippen LogP contribution in [0.4, 0.5) is 5.82 Å². The lowest BCUT2D eigenvalue weighted by Crippen LogP contribution is -2.32. The minimum atomic E-state index is -0.397. The van der Waals surface area contributed by atoms with Crippen molar-refractivity contribution in [1.82, 2.24) is 15.0 Å². The van der Waals surface area contributed by atoms with E-state index < -0.39 is 5.92 Å². The predicted molar refractivity (Wildman–Crippen MR) is 106 cm³/mol. The van der Waals surface area contributed by atoms with Gasteiger partial charge in [0.05, 0.1) is 5.56 Å². The number of fused-ring (bicyclic) bond motifs is 1. The molecule has 1 aliphatic heterocycles. The van der Waals surface area contributed by atoms with Crippen LogP contribution >= 0.6 is 11.8 Å². The average Bonchev–Trinajstić information content (AvgIpc) is 2.67. The molecule has 2 atom stereocenters. The van der Waals surface area contributed by atoms with E-state index in [9.17, 15) is 9.59 Å². The molecule has 2 N–H and O–H groups in total. The first kappa shape index (κ1) is 18.0. The van der Waals surface area contributed by atoms with Gasteiger partial charge in [0.15, 0.2) is 10.9 Å². The molecule has 2 aromatic rings. The molecule has 3 heterocycles. The highest BCUT2D eigenvalue weighted by molar-refractivity contribution is 7.99. The minimum absolute atomic E-state index is 0.105. The number of hydrogen-bond donors (Lipinski definition) is 2. The Morgan fingerprint density at radius 3 is 2.78 bits per heavy atom. The lowest BCUT2D eigenvalue weighted by molar-refractivity contribution is -0.116. The summed E-state index contributed by atoms with van der Waals surface area (Å²) in [5, 5.41) is 4.27. The standard InChI is InChI=1S/C20H22N4O2S/c1-3-11(2)27-20-23-18-17(19(26)24-20)15(12-7-9-21-10-8-12)16-13(22-18)5-4-6-14(16)25/h7-11,15H,3-6H2,1-2H3,(H2,22,23,24,26)/t11-,15-/m0/s1. The van der Waals surface area contributed by atoms with Crippen molar-refractivity contribution in [1.29, 1.82) is 0 Å². The Morgan fingerprint density at radius 2 is 2.04 bits per heavy atom. The van der Waals surface area contributed by atoms with Gasteiger partial charge in [-0.15, -0.1) is 0 Å².